The number of ether oxygens (including phenoxy) is 1. The van der Waals surface area contributed by atoms with Crippen LogP contribution in [-0.4, -0.2) is 26.3 Å². The molecule has 0 radical (unpaired) electrons. The number of esters is 1. The third kappa shape index (κ3) is 3.43. The van der Waals surface area contributed by atoms with Gasteiger partial charge < -0.3 is 4.74 Å². The minimum Gasteiger partial charge on any atom is -0.464 e. The van der Waals surface area contributed by atoms with Gasteiger partial charge in [-0.3, -0.25) is 23.3 Å². The molecule has 3 rings (SSSR count). The lowest BCUT2D eigenvalue weighted by Gasteiger charge is -2.07. The van der Waals surface area contributed by atoms with Gasteiger partial charge in [-0.25, -0.2) is 4.79 Å². The number of benzene rings is 1. The van der Waals surface area contributed by atoms with E-state index in [0.717, 1.165) is 28.1 Å². The molecule has 0 bridgehead atoms. The number of carbonyl (C=O) groups is 1. The van der Waals surface area contributed by atoms with Crippen molar-refractivity contribution >= 4 is 28.3 Å². The molecule has 0 aliphatic carbocycles. The van der Waals surface area contributed by atoms with Gasteiger partial charge in [-0.05, 0) is 19.1 Å². The van der Waals surface area contributed by atoms with Gasteiger partial charge in [0.05, 0.1) is 24.0 Å². The Morgan fingerprint density at radius 1 is 1.12 bits per heavy atom. The van der Waals surface area contributed by atoms with E-state index in [1.54, 1.807) is 26.1 Å². The first-order chi connectivity index (χ1) is 12.0. The average Bonchev–Trinajstić information content (AvgIpc) is 3.05. The molecule has 8 heteroatoms. The summed E-state index contributed by atoms with van der Waals surface area (Å²) in [4.78, 5) is 35.8. The molecule has 0 amide bonds. The van der Waals surface area contributed by atoms with E-state index in [2.05, 4.69) is 0 Å². The maximum Gasteiger partial charge on any atom is 0.328 e. The summed E-state index contributed by atoms with van der Waals surface area (Å²) >= 11 is 1.13. The van der Waals surface area contributed by atoms with Gasteiger partial charge in [-0.1, -0.05) is 23.5 Å². The van der Waals surface area contributed by atoms with Gasteiger partial charge in [0.25, 0.3) is 0 Å². The molecule has 0 saturated heterocycles. The monoisotopic (exact) mass is 361 g/mol. The van der Waals surface area contributed by atoms with Crippen molar-refractivity contribution in [2.24, 2.45) is 7.05 Å². The van der Waals surface area contributed by atoms with Crippen LogP contribution in [0.15, 0.2) is 39.2 Å². The van der Waals surface area contributed by atoms with Crippen molar-refractivity contribution in [2.75, 3.05) is 6.61 Å². The van der Waals surface area contributed by atoms with Crippen LogP contribution in [0.2, 0.25) is 0 Å². The summed E-state index contributed by atoms with van der Waals surface area (Å²) in [5, 5.41) is 1.77. The van der Waals surface area contributed by atoms with Crippen LogP contribution in [0.1, 0.15) is 12.1 Å². The maximum atomic E-state index is 12.3. The molecule has 0 saturated carbocycles. The second-order valence-electron chi connectivity index (χ2n) is 5.75. The van der Waals surface area contributed by atoms with Crippen molar-refractivity contribution < 1.29 is 9.53 Å². The number of fused-ring (bicyclic) bond motifs is 1. The Morgan fingerprint density at radius 3 is 2.52 bits per heavy atom. The molecule has 0 atom stereocenters. The molecule has 0 aliphatic heterocycles. The zero-order chi connectivity index (χ0) is 18.0. The molecular formula is C17H19N3O4S. The van der Waals surface area contributed by atoms with Crippen molar-refractivity contribution in [3.05, 3.63) is 55.5 Å². The first-order valence-electron chi connectivity index (χ1n) is 7.94. The summed E-state index contributed by atoms with van der Waals surface area (Å²) < 4.78 is 9.90. The highest BCUT2D eigenvalue weighted by atomic mass is 32.1. The van der Waals surface area contributed by atoms with Crippen molar-refractivity contribution in [2.45, 2.75) is 26.4 Å². The highest BCUT2D eigenvalue weighted by Crippen LogP contribution is 2.12. The second kappa shape index (κ2) is 7.10. The van der Waals surface area contributed by atoms with Gasteiger partial charge in [0.2, 0.25) is 0 Å². The predicted octanol–water partition coefficient (Wildman–Crippen LogP) is 1.51. The number of aryl methyl sites for hydroxylation is 3. The third-order valence-corrected chi connectivity index (χ3v) is 5.03. The van der Waals surface area contributed by atoms with Crippen molar-refractivity contribution in [1.29, 1.82) is 0 Å². The van der Waals surface area contributed by atoms with E-state index in [0.29, 0.717) is 6.54 Å². The number of rotatable bonds is 6. The van der Waals surface area contributed by atoms with Crippen LogP contribution in [0.3, 0.4) is 0 Å². The van der Waals surface area contributed by atoms with Crippen LogP contribution >= 0.6 is 11.3 Å². The van der Waals surface area contributed by atoms with Crippen LogP contribution < -0.4 is 10.6 Å². The lowest BCUT2D eigenvalue weighted by atomic mass is 10.3. The maximum absolute atomic E-state index is 12.3. The zero-order valence-electron chi connectivity index (χ0n) is 14.1. The van der Waals surface area contributed by atoms with Crippen molar-refractivity contribution in [3.63, 3.8) is 0 Å². The molecule has 0 spiro atoms. The molecule has 25 heavy (non-hydrogen) atoms. The summed E-state index contributed by atoms with van der Waals surface area (Å²) in [5.41, 5.74) is 2.32. The highest BCUT2D eigenvalue weighted by molar-refractivity contribution is 7.07. The van der Waals surface area contributed by atoms with Crippen molar-refractivity contribution in [3.8, 4) is 0 Å². The Bertz CT molecular complexity index is 1020. The molecule has 1 aromatic carbocycles. The lowest BCUT2D eigenvalue weighted by molar-refractivity contribution is -0.144. The van der Waals surface area contributed by atoms with Crippen LogP contribution in [0.25, 0.3) is 11.0 Å². The minimum absolute atomic E-state index is 0.0594. The van der Waals surface area contributed by atoms with E-state index >= 15 is 0 Å². The summed E-state index contributed by atoms with van der Waals surface area (Å²) in [6, 6.07) is 7.45. The van der Waals surface area contributed by atoms with Gasteiger partial charge in [0.15, 0.2) is 0 Å². The van der Waals surface area contributed by atoms with E-state index in [9.17, 15) is 14.4 Å². The smallest absolute Gasteiger partial charge is 0.328 e. The predicted molar refractivity (Wildman–Crippen MR) is 96.1 cm³/mol. The Hall–Kier alpha value is -2.61. The number of aromatic nitrogens is 3. The molecule has 0 aliphatic rings. The minimum atomic E-state index is -0.388. The largest absolute Gasteiger partial charge is 0.464 e. The van der Waals surface area contributed by atoms with E-state index in [-0.39, 0.29) is 36.1 Å². The number of hydrogen-bond donors (Lipinski definition) is 0. The number of hydrogen-bond acceptors (Lipinski definition) is 5. The third-order valence-electron chi connectivity index (χ3n) is 4.15. The van der Waals surface area contributed by atoms with Gasteiger partial charge in [0, 0.05) is 24.7 Å². The van der Waals surface area contributed by atoms with E-state index in [1.807, 2.05) is 31.2 Å². The first kappa shape index (κ1) is 17.2. The van der Waals surface area contributed by atoms with Crippen molar-refractivity contribution in [1.82, 2.24) is 13.7 Å². The summed E-state index contributed by atoms with van der Waals surface area (Å²) in [5.74, 6) is -0.388. The highest BCUT2D eigenvalue weighted by Gasteiger charge is 2.12. The van der Waals surface area contributed by atoms with Gasteiger partial charge in [0.1, 0.15) is 6.61 Å². The lowest BCUT2D eigenvalue weighted by Crippen LogP contribution is -2.24. The second-order valence-corrected chi connectivity index (χ2v) is 6.57. The van der Waals surface area contributed by atoms with E-state index in [1.165, 1.54) is 0 Å². The van der Waals surface area contributed by atoms with Crippen LogP contribution in [0.4, 0.5) is 0 Å². The van der Waals surface area contributed by atoms with Crippen LogP contribution in [-0.2, 0) is 29.7 Å². The fourth-order valence-electron chi connectivity index (χ4n) is 2.78. The molecule has 7 nitrogen and oxygen atoms in total. The van der Waals surface area contributed by atoms with Gasteiger partial charge >= 0.3 is 16.5 Å². The molecule has 0 fully saturated rings. The molecule has 132 valence electrons. The van der Waals surface area contributed by atoms with E-state index < -0.39 is 0 Å². The number of imidazole rings is 1. The van der Waals surface area contributed by atoms with Crippen LogP contribution in [0.5, 0.6) is 0 Å². The SMILES string of the molecule is Cc1csc(=O)n1CCOC(=O)CCn1c(=O)n(C)c2ccccc21. The molecule has 3 aromatic rings. The van der Waals surface area contributed by atoms with E-state index in [4.69, 9.17) is 4.74 Å². The molecule has 2 aromatic heterocycles. The number of nitrogens with zero attached hydrogens (tertiary/aromatic N) is 3. The molecule has 2 heterocycles. The van der Waals surface area contributed by atoms with Crippen LogP contribution in [0, 0.1) is 6.92 Å². The molecule has 0 unspecified atom stereocenters. The number of thiazole rings is 1. The summed E-state index contributed by atoms with van der Waals surface area (Å²) in [6.07, 6.45) is 0.103. The normalized spacial score (nSPS) is 11.1. The zero-order valence-corrected chi connectivity index (χ0v) is 14.9. The summed E-state index contributed by atoms with van der Waals surface area (Å²) in [6.45, 7) is 2.58. The quantitative estimate of drug-likeness (QED) is 0.624. The Balaban J connectivity index is 1.59. The van der Waals surface area contributed by atoms with Gasteiger partial charge in [-0.2, -0.15) is 0 Å². The standard InChI is InChI=1S/C17H19N3O4S/c1-12-11-25-17(23)19(12)9-10-24-15(21)7-8-20-14-6-4-3-5-13(14)18(2)16(20)22/h3-6,11H,7-10H2,1-2H3. The Morgan fingerprint density at radius 2 is 1.84 bits per heavy atom. The fourth-order valence-corrected chi connectivity index (χ4v) is 3.54. The Kier molecular flexibility index (Phi) is 4.89. The fraction of sp³-hybridized carbons (Fsp3) is 0.353. The molecular weight excluding hydrogens is 342 g/mol. The first-order valence-corrected chi connectivity index (χ1v) is 8.82. The van der Waals surface area contributed by atoms with Gasteiger partial charge in [-0.15, -0.1) is 0 Å². The average molecular weight is 361 g/mol. The molecule has 0 N–H and O–H groups in total. The topological polar surface area (TPSA) is 75.2 Å². The number of carbonyl (C=O) groups excluding carboxylic acids is 1. The number of para-hydroxylation sites is 2. The Labute approximate surface area is 147 Å². The summed E-state index contributed by atoms with van der Waals surface area (Å²) in [7, 11) is 1.71.